The molecule has 1 heteroatoms. The topological polar surface area (TPSA) is 12.9 Å². The van der Waals surface area contributed by atoms with Crippen LogP contribution in [0.1, 0.15) is 37.4 Å². The lowest BCUT2D eigenvalue weighted by atomic mass is 9.42. The smallest absolute Gasteiger partial charge is 0.0401 e. The number of hydrogen-bond acceptors (Lipinski definition) is 1. The largest absolute Gasteiger partial charge is 0.261 e. The molecule has 0 unspecified atom stereocenters. The van der Waals surface area contributed by atoms with E-state index in [9.17, 15) is 0 Å². The molecular weight excluding hydrogens is 158 g/mol. The SMILES string of the molecule is CCc1ccc(C23CC(C2)C3)cn1. The average molecular weight is 173 g/mol. The molecule has 13 heavy (non-hydrogen) atoms. The van der Waals surface area contributed by atoms with E-state index in [2.05, 4.69) is 30.2 Å². The molecule has 0 amide bonds. The Morgan fingerprint density at radius 1 is 1.38 bits per heavy atom. The first-order chi connectivity index (χ1) is 6.32. The molecule has 4 rings (SSSR count). The summed E-state index contributed by atoms with van der Waals surface area (Å²) < 4.78 is 0. The molecule has 0 atom stereocenters. The van der Waals surface area contributed by atoms with Crippen molar-refractivity contribution >= 4 is 0 Å². The molecule has 0 saturated heterocycles. The molecular formula is C12H15N. The van der Waals surface area contributed by atoms with Gasteiger partial charge in [0.25, 0.3) is 0 Å². The number of aryl methyl sites for hydroxylation is 1. The van der Waals surface area contributed by atoms with E-state index in [1.54, 1.807) is 0 Å². The Kier molecular flexibility index (Phi) is 1.36. The quantitative estimate of drug-likeness (QED) is 0.670. The highest BCUT2D eigenvalue weighted by molar-refractivity contribution is 5.33. The Labute approximate surface area is 79.2 Å². The van der Waals surface area contributed by atoms with E-state index in [1.165, 1.54) is 30.5 Å². The van der Waals surface area contributed by atoms with Crippen LogP contribution in [0.3, 0.4) is 0 Å². The van der Waals surface area contributed by atoms with Crippen molar-refractivity contribution < 1.29 is 0 Å². The second-order valence-corrected chi connectivity index (χ2v) is 4.65. The summed E-state index contributed by atoms with van der Waals surface area (Å²) in [5.74, 6) is 1.06. The maximum atomic E-state index is 4.47. The van der Waals surface area contributed by atoms with Crippen molar-refractivity contribution in [2.75, 3.05) is 0 Å². The van der Waals surface area contributed by atoms with Crippen molar-refractivity contribution in [3.63, 3.8) is 0 Å². The minimum atomic E-state index is 0.587. The molecule has 68 valence electrons. The van der Waals surface area contributed by atoms with Crippen LogP contribution in [0.2, 0.25) is 0 Å². The number of aromatic nitrogens is 1. The first kappa shape index (κ1) is 7.54. The average Bonchev–Trinajstić information content (AvgIpc) is 2.00. The zero-order valence-electron chi connectivity index (χ0n) is 8.09. The van der Waals surface area contributed by atoms with E-state index in [0.717, 1.165) is 12.3 Å². The molecule has 1 nitrogen and oxygen atoms in total. The fourth-order valence-corrected chi connectivity index (χ4v) is 2.78. The van der Waals surface area contributed by atoms with Gasteiger partial charge in [-0.3, -0.25) is 4.98 Å². The van der Waals surface area contributed by atoms with Crippen LogP contribution in [-0.4, -0.2) is 4.98 Å². The van der Waals surface area contributed by atoms with Crippen molar-refractivity contribution in [1.82, 2.24) is 4.98 Å². The molecule has 3 aliphatic carbocycles. The van der Waals surface area contributed by atoms with Crippen molar-refractivity contribution in [2.45, 2.75) is 38.0 Å². The van der Waals surface area contributed by atoms with Gasteiger partial charge in [0.2, 0.25) is 0 Å². The third kappa shape index (κ3) is 0.903. The zero-order valence-corrected chi connectivity index (χ0v) is 8.09. The second kappa shape index (κ2) is 2.34. The van der Waals surface area contributed by atoms with E-state index < -0.39 is 0 Å². The van der Waals surface area contributed by atoms with Gasteiger partial charge in [0, 0.05) is 11.9 Å². The van der Waals surface area contributed by atoms with Crippen LogP contribution in [0, 0.1) is 5.92 Å². The summed E-state index contributed by atoms with van der Waals surface area (Å²) >= 11 is 0. The molecule has 0 aromatic carbocycles. The van der Waals surface area contributed by atoms with E-state index in [4.69, 9.17) is 0 Å². The molecule has 1 aromatic heterocycles. The van der Waals surface area contributed by atoms with Gasteiger partial charge in [0.05, 0.1) is 0 Å². The van der Waals surface area contributed by atoms with Gasteiger partial charge in [-0.1, -0.05) is 13.0 Å². The highest BCUT2D eigenvalue weighted by Gasteiger charge is 2.57. The van der Waals surface area contributed by atoms with Gasteiger partial charge in [-0.2, -0.15) is 0 Å². The van der Waals surface area contributed by atoms with Crippen LogP contribution < -0.4 is 0 Å². The molecule has 0 radical (unpaired) electrons. The molecule has 1 aromatic rings. The third-order valence-corrected chi connectivity index (χ3v) is 3.84. The van der Waals surface area contributed by atoms with Gasteiger partial charge in [0.1, 0.15) is 0 Å². The van der Waals surface area contributed by atoms with Crippen molar-refractivity contribution in [2.24, 2.45) is 5.92 Å². The Bertz CT molecular complexity index is 308. The molecule has 1 heterocycles. The van der Waals surface area contributed by atoms with Gasteiger partial charge < -0.3 is 0 Å². The lowest BCUT2D eigenvalue weighted by Crippen LogP contribution is -2.55. The Balaban J connectivity index is 1.89. The van der Waals surface area contributed by atoms with Crippen LogP contribution in [-0.2, 0) is 11.8 Å². The summed E-state index contributed by atoms with van der Waals surface area (Å²) in [6.07, 6.45) is 7.45. The monoisotopic (exact) mass is 173 g/mol. The van der Waals surface area contributed by atoms with E-state index >= 15 is 0 Å². The number of pyridine rings is 1. The molecule has 3 aliphatic rings. The molecule has 2 bridgehead atoms. The van der Waals surface area contributed by atoms with Gasteiger partial charge in [-0.05, 0) is 48.6 Å². The Hall–Kier alpha value is -0.850. The van der Waals surface area contributed by atoms with Crippen LogP contribution in [0.15, 0.2) is 18.3 Å². The molecule has 0 spiro atoms. The molecule has 3 saturated carbocycles. The van der Waals surface area contributed by atoms with Crippen molar-refractivity contribution in [1.29, 1.82) is 0 Å². The van der Waals surface area contributed by atoms with Crippen LogP contribution in [0.25, 0.3) is 0 Å². The summed E-state index contributed by atoms with van der Waals surface area (Å²) in [5.41, 5.74) is 3.30. The fourth-order valence-electron chi connectivity index (χ4n) is 2.78. The predicted molar refractivity (Wildman–Crippen MR) is 52.6 cm³/mol. The standard InChI is InChI=1S/C12H15N/c1-2-11-4-3-10(8-13-11)12-5-9(6-12)7-12/h3-4,8-9H,2,5-7H2,1H3. The lowest BCUT2D eigenvalue weighted by molar-refractivity contribution is -0.0276. The normalized spacial score (nSPS) is 35.0. The van der Waals surface area contributed by atoms with Gasteiger partial charge in [-0.25, -0.2) is 0 Å². The van der Waals surface area contributed by atoms with Gasteiger partial charge in [-0.15, -0.1) is 0 Å². The number of rotatable bonds is 2. The van der Waals surface area contributed by atoms with E-state index in [0.29, 0.717) is 5.41 Å². The number of nitrogens with zero attached hydrogens (tertiary/aromatic N) is 1. The van der Waals surface area contributed by atoms with E-state index in [-0.39, 0.29) is 0 Å². The molecule has 0 N–H and O–H groups in total. The van der Waals surface area contributed by atoms with Crippen LogP contribution in [0.5, 0.6) is 0 Å². The highest BCUT2D eigenvalue weighted by atomic mass is 14.7. The van der Waals surface area contributed by atoms with Gasteiger partial charge >= 0.3 is 0 Å². The molecule has 0 aliphatic heterocycles. The minimum Gasteiger partial charge on any atom is -0.261 e. The summed E-state index contributed by atoms with van der Waals surface area (Å²) in [5, 5.41) is 0. The van der Waals surface area contributed by atoms with Crippen LogP contribution >= 0.6 is 0 Å². The highest BCUT2D eigenvalue weighted by Crippen LogP contribution is 2.64. The first-order valence-corrected chi connectivity index (χ1v) is 5.28. The Morgan fingerprint density at radius 3 is 2.54 bits per heavy atom. The second-order valence-electron chi connectivity index (χ2n) is 4.65. The fraction of sp³-hybridized carbons (Fsp3) is 0.583. The minimum absolute atomic E-state index is 0.587. The summed E-state index contributed by atoms with van der Waals surface area (Å²) in [6.45, 7) is 2.16. The lowest BCUT2D eigenvalue weighted by Gasteiger charge is -2.62. The summed E-state index contributed by atoms with van der Waals surface area (Å²) in [7, 11) is 0. The maximum Gasteiger partial charge on any atom is 0.0401 e. The predicted octanol–water partition coefficient (Wildman–Crippen LogP) is 2.70. The first-order valence-electron chi connectivity index (χ1n) is 5.28. The maximum absolute atomic E-state index is 4.47. The van der Waals surface area contributed by atoms with Crippen molar-refractivity contribution in [3.05, 3.63) is 29.6 Å². The zero-order chi connectivity index (χ0) is 8.89. The summed E-state index contributed by atoms with van der Waals surface area (Å²) in [6, 6.07) is 4.48. The summed E-state index contributed by atoms with van der Waals surface area (Å²) in [4.78, 5) is 4.47. The number of hydrogen-bond donors (Lipinski definition) is 0. The van der Waals surface area contributed by atoms with Gasteiger partial charge in [0.15, 0.2) is 0 Å². The van der Waals surface area contributed by atoms with E-state index in [1.807, 2.05) is 0 Å². The van der Waals surface area contributed by atoms with Crippen LogP contribution in [0.4, 0.5) is 0 Å². The Morgan fingerprint density at radius 2 is 2.15 bits per heavy atom. The molecule has 3 fully saturated rings. The third-order valence-electron chi connectivity index (χ3n) is 3.84. The van der Waals surface area contributed by atoms with Crippen molar-refractivity contribution in [3.8, 4) is 0 Å².